The van der Waals surface area contributed by atoms with Gasteiger partial charge in [-0.3, -0.25) is 0 Å². The van der Waals surface area contributed by atoms with Gasteiger partial charge in [-0.25, -0.2) is 19.2 Å². The molecule has 0 bridgehead atoms. The molecule has 0 saturated heterocycles. The number of ether oxygens (including phenoxy) is 4. The molecular formula is C9H16O12. The molecule has 0 aromatic rings. The molecule has 1 atom stereocenters. The molecule has 0 aliphatic rings. The van der Waals surface area contributed by atoms with Crippen molar-refractivity contribution in [2.45, 2.75) is 13.0 Å². The van der Waals surface area contributed by atoms with Crippen LogP contribution in [0.1, 0.15) is 6.92 Å². The molecule has 0 aliphatic heterocycles. The van der Waals surface area contributed by atoms with Crippen LogP contribution in [0.4, 0.5) is 19.2 Å². The first-order valence-electron chi connectivity index (χ1n) is 4.85. The first-order chi connectivity index (χ1) is 9.56. The maximum atomic E-state index is 9.83. The monoisotopic (exact) mass is 316 g/mol. The lowest BCUT2D eigenvalue weighted by atomic mass is 10.4. The molecule has 0 fully saturated rings. The van der Waals surface area contributed by atoms with Gasteiger partial charge in [-0.05, 0) is 6.92 Å². The van der Waals surface area contributed by atoms with Crippen LogP contribution in [-0.4, -0.2) is 72.0 Å². The van der Waals surface area contributed by atoms with Gasteiger partial charge in [-0.2, -0.15) is 0 Å². The highest BCUT2D eigenvalue weighted by Crippen LogP contribution is 1.92. The van der Waals surface area contributed by atoms with Crippen molar-refractivity contribution in [3.05, 3.63) is 0 Å². The zero-order valence-corrected chi connectivity index (χ0v) is 11.3. The summed E-state index contributed by atoms with van der Waals surface area (Å²) in [6.45, 7) is 1.10. The van der Waals surface area contributed by atoms with Crippen molar-refractivity contribution in [1.82, 2.24) is 0 Å². The molecule has 0 aromatic carbocycles. The fourth-order valence-electron chi connectivity index (χ4n) is 0.478. The van der Waals surface area contributed by atoms with E-state index in [1.54, 1.807) is 0 Å². The second-order valence-corrected chi connectivity index (χ2v) is 2.71. The van der Waals surface area contributed by atoms with Crippen LogP contribution in [0.2, 0.25) is 0 Å². The quantitative estimate of drug-likeness (QED) is 0.433. The van der Waals surface area contributed by atoms with Gasteiger partial charge in [0.2, 0.25) is 0 Å². The van der Waals surface area contributed by atoms with Crippen molar-refractivity contribution in [3.63, 3.8) is 0 Å². The lowest BCUT2D eigenvalue weighted by Gasteiger charge is -2.08. The second-order valence-electron chi connectivity index (χ2n) is 2.71. The van der Waals surface area contributed by atoms with Gasteiger partial charge in [-0.1, -0.05) is 0 Å². The third-order valence-electron chi connectivity index (χ3n) is 1.08. The van der Waals surface area contributed by atoms with Gasteiger partial charge in [0.15, 0.2) is 0 Å². The zero-order chi connectivity index (χ0) is 17.4. The van der Waals surface area contributed by atoms with Crippen LogP contribution >= 0.6 is 0 Å². The number of hydrogen-bond donors (Lipinski definition) is 4. The van der Waals surface area contributed by atoms with Crippen molar-refractivity contribution in [2.75, 3.05) is 20.8 Å². The minimum absolute atomic E-state index is 0.290. The van der Waals surface area contributed by atoms with Gasteiger partial charge in [0, 0.05) is 0 Å². The summed E-state index contributed by atoms with van der Waals surface area (Å²) in [5, 5.41) is 29.9. The first kappa shape index (κ1) is 23.2. The number of rotatable bonds is 3. The van der Waals surface area contributed by atoms with Gasteiger partial charge in [0.05, 0.1) is 14.2 Å². The van der Waals surface area contributed by atoms with Crippen LogP contribution in [0, 0.1) is 0 Å². The zero-order valence-electron chi connectivity index (χ0n) is 11.3. The SMILES string of the molecule is CC(COC(=O)O)OC(=O)O.COC(=O)OC.O=C(O)O. The highest BCUT2D eigenvalue weighted by molar-refractivity contribution is 5.59. The Morgan fingerprint density at radius 3 is 1.48 bits per heavy atom. The maximum absolute atomic E-state index is 9.83. The topological polar surface area (TPSA) is 186 Å². The summed E-state index contributed by atoms with van der Waals surface area (Å²) >= 11 is 0. The molecule has 4 N–H and O–H groups in total. The van der Waals surface area contributed by atoms with Gasteiger partial charge in [0.1, 0.15) is 12.7 Å². The molecule has 12 heteroatoms. The molecule has 0 saturated carbocycles. The average molecular weight is 316 g/mol. The Hall–Kier alpha value is -2.92. The maximum Gasteiger partial charge on any atom is 0.507 e. The van der Waals surface area contributed by atoms with E-state index in [2.05, 4.69) is 18.9 Å². The van der Waals surface area contributed by atoms with Gasteiger partial charge in [-0.15, -0.1) is 0 Å². The lowest BCUT2D eigenvalue weighted by Crippen LogP contribution is -2.20. The van der Waals surface area contributed by atoms with E-state index >= 15 is 0 Å². The van der Waals surface area contributed by atoms with Crippen LogP contribution in [0.3, 0.4) is 0 Å². The first-order valence-corrected chi connectivity index (χ1v) is 4.85. The van der Waals surface area contributed by atoms with Crippen LogP contribution < -0.4 is 0 Å². The Kier molecular flexibility index (Phi) is 16.7. The normalized spacial score (nSPS) is 9.29. The van der Waals surface area contributed by atoms with E-state index in [0.717, 1.165) is 0 Å². The highest BCUT2D eigenvalue weighted by atomic mass is 16.7. The lowest BCUT2D eigenvalue weighted by molar-refractivity contribution is 0.0122. The standard InChI is InChI=1S/C5H8O6.C3H6O3.CH2O3/c1-3(11-5(8)9)2-10-4(6)7;1-5-3(4)6-2;2-1(3)4/h3H,2H2,1H3,(H,6,7)(H,8,9);1-2H3;(H2,2,3,4). The van der Waals surface area contributed by atoms with E-state index in [1.165, 1.54) is 21.1 Å². The number of carbonyl (C=O) groups excluding carboxylic acids is 1. The summed E-state index contributed by atoms with van der Waals surface area (Å²) in [7, 11) is 2.51. The van der Waals surface area contributed by atoms with E-state index in [0.29, 0.717) is 0 Å². The molecule has 0 amide bonds. The largest absolute Gasteiger partial charge is 0.507 e. The van der Waals surface area contributed by atoms with E-state index in [-0.39, 0.29) is 6.61 Å². The van der Waals surface area contributed by atoms with E-state index in [1.807, 2.05) is 0 Å². The molecule has 1 unspecified atom stereocenters. The van der Waals surface area contributed by atoms with E-state index in [4.69, 9.17) is 25.2 Å². The number of carboxylic acid groups (broad SMARTS) is 4. The summed E-state index contributed by atoms with van der Waals surface area (Å²) < 4.78 is 16.2. The van der Waals surface area contributed by atoms with Crippen molar-refractivity contribution in [3.8, 4) is 0 Å². The Morgan fingerprint density at radius 1 is 0.905 bits per heavy atom. The Bertz CT molecular complexity index is 315. The molecular weight excluding hydrogens is 300 g/mol. The minimum Gasteiger partial charge on any atom is -0.450 e. The average Bonchev–Trinajstić information content (AvgIpc) is 2.34. The van der Waals surface area contributed by atoms with E-state index in [9.17, 15) is 14.4 Å². The molecule has 0 radical (unpaired) electrons. The second kappa shape index (κ2) is 15.1. The van der Waals surface area contributed by atoms with Crippen molar-refractivity contribution in [2.24, 2.45) is 0 Å². The summed E-state index contributed by atoms with van der Waals surface area (Å²) in [5.74, 6) is 0. The molecule has 0 spiro atoms. The van der Waals surface area contributed by atoms with Crippen LogP contribution in [0.15, 0.2) is 0 Å². The van der Waals surface area contributed by atoms with Crippen molar-refractivity contribution in [1.29, 1.82) is 0 Å². The van der Waals surface area contributed by atoms with Crippen LogP contribution in [-0.2, 0) is 18.9 Å². The summed E-state index contributed by atoms with van der Waals surface area (Å²) in [4.78, 5) is 37.9. The third-order valence-corrected chi connectivity index (χ3v) is 1.08. The van der Waals surface area contributed by atoms with Crippen molar-refractivity contribution < 1.29 is 58.6 Å². The molecule has 12 nitrogen and oxygen atoms in total. The summed E-state index contributed by atoms with van der Waals surface area (Å²) in [5.41, 5.74) is 0. The molecule has 0 aliphatic carbocycles. The number of hydrogen-bond acceptors (Lipinski definition) is 8. The van der Waals surface area contributed by atoms with Crippen LogP contribution in [0.5, 0.6) is 0 Å². The predicted molar refractivity (Wildman–Crippen MR) is 62.6 cm³/mol. The molecule has 0 rings (SSSR count). The smallest absolute Gasteiger partial charge is 0.450 e. The predicted octanol–water partition coefficient (Wildman–Crippen LogP) is 1.39. The molecule has 0 aromatic heterocycles. The summed E-state index contributed by atoms with van der Waals surface area (Å²) in [6.07, 6.45) is -6.17. The van der Waals surface area contributed by atoms with Gasteiger partial charge < -0.3 is 39.4 Å². The van der Waals surface area contributed by atoms with Gasteiger partial charge in [0.25, 0.3) is 0 Å². The van der Waals surface area contributed by atoms with E-state index < -0.39 is 30.7 Å². The third kappa shape index (κ3) is 38.2. The Morgan fingerprint density at radius 2 is 1.29 bits per heavy atom. The highest BCUT2D eigenvalue weighted by Gasteiger charge is 2.09. The number of carbonyl (C=O) groups is 4. The minimum atomic E-state index is -1.83. The Balaban J connectivity index is -0.000000272. The molecule has 0 heterocycles. The van der Waals surface area contributed by atoms with Crippen LogP contribution in [0.25, 0.3) is 0 Å². The van der Waals surface area contributed by atoms with Crippen molar-refractivity contribution >= 4 is 24.6 Å². The molecule has 21 heavy (non-hydrogen) atoms. The number of methoxy groups -OCH3 is 2. The summed E-state index contributed by atoms with van der Waals surface area (Å²) in [6, 6.07) is 0. The van der Waals surface area contributed by atoms with Gasteiger partial charge >= 0.3 is 24.6 Å². The Labute approximate surface area is 118 Å². The molecule has 124 valence electrons. The fourth-order valence-corrected chi connectivity index (χ4v) is 0.478. The fraction of sp³-hybridized carbons (Fsp3) is 0.556.